The van der Waals surface area contributed by atoms with Gasteiger partial charge in [0.15, 0.2) is 0 Å². The monoisotopic (exact) mass is 582 g/mol. The van der Waals surface area contributed by atoms with E-state index in [9.17, 15) is 9.59 Å². The lowest BCUT2D eigenvalue weighted by atomic mass is 9.87. The van der Waals surface area contributed by atoms with E-state index in [1.807, 2.05) is 42.5 Å². The van der Waals surface area contributed by atoms with Crippen LogP contribution in [-0.4, -0.2) is 60.3 Å². The number of para-hydroxylation sites is 2. The van der Waals surface area contributed by atoms with Gasteiger partial charge in [-0.05, 0) is 31.0 Å². The number of hydrogen-bond acceptors (Lipinski definition) is 6. The summed E-state index contributed by atoms with van der Waals surface area (Å²) in [5.41, 5.74) is 2.90. The maximum absolute atomic E-state index is 13.8. The van der Waals surface area contributed by atoms with Crippen molar-refractivity contribution in [2.24, 2.45) is 0 Å². The van der Waals surface area contributed by atoms with Crippen molar-refractivity contribution in [1.29, 1.82) is 0 Å². The van der Waals surface area contributed by atoms with Crippen LogP contribution >= 0.6 is 23.4 Å². The number of aromatic nitrogens is 2. The van der Waals surface area contributed by atoms with E-state index in [1.54, 1.807) is 22.8 Å². The van der Waals surface area contributed by atoms with Crippen molar-refractivity contribution in [3.05, 3.63) is 70.4 Å². The number of nitrogens with zero attached hydrogens (tertiary/aromatic N) is 3. The number of amides is 2. The molecule has 0 spiro atoms. The summed E-state index contributed by atoms with van der Waals surface area (Å²) in [6, 6.07) is 15.3. The highest BCUT2D eigenvalue weighted by Crippen LogP contribution is 2.50. The Kier molecular flexibility index (Phi) is 8.44. The number of halogens is 1. The lowest BCUT2D eigenvalue weighted by molar-refractivity contribution is -0.123. The van der Waals surface area contributed by atoms with Gasteiger partial charge in [0, 0.05) is 29.7 Å². The summed E-state index contributed by atoms with van der Waals surface area (Å²) in [5, 5.41) is 8.30. The number of carbonyl (C=O) groups excluding carboxylic acids is 2. The number of benzene rings is 2. The molecule has 1 saturated heterocycles. The molecule has 2 atom stereocenters. The fourth-order valence-corrected chi connectivity index (χ4v) is 6.66. The largest absolute Gasteiger partial charge is 0.496 e. The number of anilines is 1. The minimum atomic E-state index is -0.376. The first kappa shape index (κ1) is 28.5. The smallest absolute Gasteiger partial charge is 0.240 e. The number of methoxy groups -OCH3 is 1. The van der Waals surface area contributed by atoms with Crippen LogP contribution in [0.2, 0.25) is 5.02 Å². The third kappa shape index (κ3) is 5.73. The first-order valence-electron chi connectivity index (χ1n) is 13.5. The fraction of sp³-hybridized carbons (Fsp3) is 0.433. The molecule has 0 bridgehead atoms. The number of thioether (sulfide) groups is 1. The predicted molar refractivity (Wildman–Crippen MR) is 159 cm³/mol. The minimum absolute atomic E-state index is 0.00553. The molecule has 10 heteroatoms. The van der Waals surface area contributed by atoms with E-state index in [1.165, 1.54) is 11.8 Å². The predicted octanol–water partition coefficient (Wildman–Crippen LogP) is 5.30. The summed E-state index contributed by atoms with van der Waals surface area (Å²) in [7, 11) is 1.65. The highest BCUT2D eigenvalue weighted by atomic mass is 35.5. The zero-order chi connectivity index (χ0) is 28.4. The van der Waals surface area contributed by atoms with E-state index in [0.717, 1.165) is 35.4 Å². The summed E-state index contributed by atoms with van der Waals surface area (Å²) >= 11 is 8.21. The molecule has 212 valence electrons. The van der Waals surface area contributed by atoms with Crippen LogP contribution < -0.4 is 15.0 Å². The van der Waals surface area contributed by atoms with Gasteiger partial charge in [-0.1, -0.05) is 62.7 Å². The number of nitrogens with one attached hydrogen (secondary N) is 1. The van der Waals surface area contributed by atoms with Crippen LogP contribution in [0.15, 0.2) is 48.5 Å². The average Bonchev–Trinajstić information content (AvgIpc) is 3.57. The SMILES string of the molecule is COc1ccccc1[C@H]1SCC(=O)N(CC(=O)NC[C@H]2CCCO2)c2c1c(C(C)(C)C)nn2-c1ccccc1Cl. The second kappa shape index (κ2) is 11.8. The number of carbonyl (C=O) groups is 2. The minimum Gasteiger partial charge on any atom is -0.496 e. The molecule has 2 aliphatic heterocycles. The lowest BCUT2D eigenvalue weighted by Gasteiger charge is -2.25. The summed E-state index contributed by atoms with van der Waals surface area (Å²) in [5.74, 6) is 1.04. The summed E-state index contributed by atoms with van der Waals surface area (Å²) in [4.78, 5) is 28.7. The number of hydrogen-bond donors (Lipinski definition) is 1. The van der Waals surface area contributed by atoms with Crippen molar-refractivity contribution in [3.63, 3.8) is 0 Å². The molecule has 2 aromatic carbocycles. The van der Waals surface area contributed by atoms with E-state index in [0.29, 0.717) is 29.7 Å². The Morgan fingerprint density at radius 3 is 2.65 bits per heavy atom. The molecule has 2 aliphatic rings. The third-order valence-electron chi connectivity index (χ3n) is 7.15. The Morgan fingerprint density at radius 1 is 1.20 bits per heavy atom. The maximum Gasteiger partial charge on any atom is 0.240 e. The Labute approximate surface area is 244 Å². The molecule has 0 radical (unpaired) electrons. The fourth-order valence-electron chi connectivity index (χ4n) is 5.23. The number of fused-ring (bicyclic) bond motifs is 1. The zero-order valence-corrected chi connectivity index (χ0v) is 24.8. The van der Waals surface area contributed by atoms with Crippen LogP contribution in [0.1, 0.15) is 55.7 Å². The molecular weight excluding hydrogens is 548 g/mol. The van der Waals surface area contributed by atoms with E-state index in [4.69, 9.17) is 26.2 Å². The maximum atomic E-state index is 13.8. The van der Waals surface area contributed by atoms with E-state index in [-0.39, 0.29) is 40.9 Å². The van der Waals surface area contributed by atoms with Gasteiger partial charge in [0.25, 0.3) is 0 Å². The van der Waals surface area contributed by atoms with Gasteiger partial charge >= 0.3 is 0 Å². The van der Waals surface area contributed by atoms with Crippen molar-refractivity contribution >= 4 is 41.0 Å². The molecule has 2 amide bonds. The van der Waals surface area contributed by atoms with Crippen LogP contribution in [0.25, 0.3) is 5.69 Å². The van der Waals surface area contributed by atoms with Gasteiger partial charge in [0.1, 0.15) is 18.1 Å². The van der Waals surface area contributed by atoms with Crippen molar-refractivity contribution in [3.8, 4) is 11.4 Å². The van der Waals surface area contributed by atoms with Crippen LogP contribution in [0, 0.1) is 0 Å². The molecule has 0 saturated carbocycles. The molecule has 3 heterocycles. The quantitative estimate of drug-likeness (QED) is 0.407. The second-order valence-electron chi connectivity index (χ2n) is 11.1. The standard InChI is InChI=1S/C30H35ClN4O4S/c1-30(2,3)28-26-27(20-11-5-8-14-23(20)38-4)40-18-25(37)34(17-24(36)32-16-19-10-9-15-39-19)29(26)35(33-28)22-13-7-6-12-21(22)31/h5-8,11-14,19,27H,9-10,15-18H2,1-4H3,(H,32,36)/t19-,27-/m1/s1. The van der Waals surface area contributed by atoms with Gasteiger partial charge in [0.2, 0.25) is 11.8 Å². The Hall–Kier alpha value is -3.01. The Bertz CT molecular complexity index is 1400. The average molecular weight is 583 g/mol. The van der Waals surface area contributed by atoms with Crippen LogP contribution in [0.3, 0.4) is 0 Å². The van der Waals surface area contributed by atoms with Gasteiger partial charge in [-0.15, -0.1) is 11.8 Å². The first-order chi connectivity index (χ1) is 19.2. The molecule has 0 aliphatic carbocycles. The highest BCUT2D eigenvalue weighted by Gasteiger charge is 2.41. The molecule has 40 heavy (non-hydrogen) atoms. The van der Waals surface area contributed by atoms with Gasteiger partial charge in [-0.2, -0.15) is 5.10 Å². The first-order valence-corrected chi connectivity index (χ1v) is 14.9. The Morgan fingerprint density at radius 2 is 1.95 bits per heavy atom. The Balaban J connectivity index is 1.68. The van der Waals surface area contributed by atoms with Crippen molar-refractivity contribution < 1.29 is 19.1 Å². The molecule has 0 unspecified atom stereocenters. The van der Waals surface area contributed by atoms with Crippen molar-refractivity contribution in [2.45, 2.75) is 50.4 Å². The molecule has 3 aromatic rings. The molecule has 1 N–H and O–H groups in total. The lowest BCUT2D eigenvalue weighted by Crippen LogP contribution is -2.44. The van der Waals surface area contributed by atoms with Crippen LogP contribution in [0.4, 0.5) is 5.82 Å². The summed E-state index contributed by atoms with van der Waals surface area (Å²) in [6.45, 7) is 7.29. The van der Waals surface area contributed by atoms with Gasteiger partial charge in [-0.3, -0.25) is 14.5 Å². The van der Waals surface area contributed by atoms with Gasteiger partial charge < -0.3 is 14.8 Å². The number of ether oxygens (including phenoxy) is 2. The van der Waals surface area contributed by atoms with Crippen molar-refractivity contribution in [2.75, 3.05) is 37.5 Å². The molecular formula is C30H35ClN4O4S. The van der Waals surface area contributed by atoms with Crippen LogP contribution in [-0.2, 0) is 19.7 Å². The topological polar surface area (TPSA) is 85.7 Å². The normalized spacial score (nSPS) is 19.3. The molecule has 8 nitrogen and oxygen atoms in total. The summed E-state index contributed by atoms with van der Waals surface area (Å²) in [6.07, 6.45) is 1.91. The number of rotatable bonds is 7. The molecule has 1 aromatic heterocycles. The highest BCUT2D eigenvalue weighted by molar-refractivity contribution is 8.00. The summed E-state index contributed by atoms with van der Waals surface area (Å²) < 4.78 is 13.2. The van der Waals surface area contributed by atoms with E-state index in [2.05, 4.69) is 26.1 Å². The van der Waals surface area contributed by atoms with Crippen LogP contribution in [0.5, 0.6) is 5.75 Å². The zero-order valence-electron chi connectivity index (χ0n) is 23.3. The van der Waals surface area contributed by atoms with Gasteiger partial charge in [0.05, 0.1) is 40.6 Å². The van der Waals surface area contributed by atoms with E-state index < -0.39 is 0 Å². The van der Waals surface area contributed by atoms with Gasteiger partial charge in [-0.25, -0.2) is 4.68 Å². The molecule has 1 fully saturated rings. The van der Waals surface area contributed by atoms with E-state index >= 15 is 0 Å². The van der Waals surface area contributed by atoms with Crippen molar-refractivity contribution in [1.82, 2.24) is 15.1 Å². The third-order valence-corrected chi connectivity index (χ3v) is 8.71. The molecule has 5 rings (SSSR count). The second-order valence-corrected chi connectivity index (χ2v) is 12.6.